The molecule has 1 saturated heterocycles. The van der Waals surface area contributed by atoms with Gasteiger partial charge in [-0.2, -0.15) is 5.26 Å². The first-order chi connectivity index (χ1) is 10.9. The summed E-state index contributed by atoms with van der Waals surface area (Å²) in [5.74, 6) is -2.79. The van der Waals surface area contributed by atoms with E-state index in [1.165, 1.54) is 29.4 Å². The SMILES string of the molecule is N#Cc1cc(F)cc(COc2cncc(N3CC(F)(F)C3)c2)c1. The fourth-order valence-electron chi connectivity index (χ4n) is 2.32. The molecule has 1 aromatic carbocycles. The monoisotopic (exact) mass is 319 g/mol. The van der Waals surface area contributed by atoms with Crippen molar-refractivity contribution in [1.82, 2.24) is 4.98 Å². The Kier molecular flexibility index (Phi) is 3.82. The van der Waals surface area contributed by atoms with E-state index in [0.717, 1.165) is 6.07 Å². The molecule has 2 heterocycles. The Morgan fingerprint density at radius 3 is 2.70 bits per heavy atom. The Morgan fingerprint density at radius 1 is 1.22 bits per heavy atom. The van der Waals surface area contributed by atoms with Gasteiger partial charge in [-0.3, -0.25) is 4.98 Å². The van der Waals surface area contributed by atoms with Crippen molar-refractivity contribution in [2.45, 2.75) is 12.5 Å². The highest BCUT2D eigenvalue weighted by Crippen LogP contribution is 2.32. The van der Waals surface area contributed by atoms with E-state index >= 15 is 0 Å². The van der Waals surface area contributed by atoms with Gasteiger partial charge in [0.25, 0.3) is 5.92 Å². The van der Waals surface area contributed by atoms with E-state index in [9.17, 15) is 13.2 Å². The third-order valence-electron chi connectivity index (χ3n) is 3.40. The summed E-state index contributed by atoms with van der Waals surface area (Å²) in [7, 11) is 0. The van der Waals surface area contributed by atoms with Crippen molar-refractivity contribution in [2.75, 3.05) is 18.0 Å². The molecule has 0 bridgehead atoms. The summed E-state index contributed by atoms with van der Waals surface area (Å²) in [6, 6.07) is 7.40. The molecule has 0 aliphatic carbocycles. The van der Waals surface area contributed by atoms with Crippen LogP contribution in [-0.2, 0) is 6.61 Å². The van der Waals surface area contributed by atoms with Crippen LogP contribution in [0.2, 0.25) is 0 Å². The first-order valence-corrected chi connectivity index (χ1v) is 6.85. The van der Waals surface area contributed by atoms with Crippen LogP contribution >= 0.6 is 0 Å². The molecule has 118 valence electrons. The number of halogens is 3. The van der Waals surface area contributed by atoms with Gasteiger partial charge in [-0.05, 0) is 23.8 Å². The van der Waals surface area contributed by atoms with E-state index in [4.69, 9.17) is 10.00 Å². The van der Waals surface area contributed by atoms with Crippen molar-refractivity contribution in [2.24, 2.45) is 0 Å². The zero-order chi connectivity index (χ0) is 16.4. The van der Waals surface area contributed by atoms with Crippen molar-refractivity contribution < 1.29 is 17.9 Å². The van der Waals surface area contributed by atoms with Gasteiger partial charge in [0.2, 0.25) is 0 Å². The Balaban J connectivity index is 1.67. The van der Waals surface area contributed by atoms with Crippen molar-refractivity contribution in [3.05, 3.63) is 53.6 Å². The van der Waals surface area contributed by atoms with E-state index in [2.05, 4.69) is 4.98 Å². The van der Waals surface area contributed by atoms with E-state index in [1.54, 1.807) is 6.07 Å². The Labute approximate surface area is 130 Å². The van der Waals surface area contributed by atoms with Gasteiger partial charge in [0.15, 0.2) is 0 Å². The van der Waals surface area contributed by atoms with Crippen LogP contribution in [0, 0.1) is 17.1 Å². The van der Waals surface area contributed by atoms with Gasteiger partial charge in [-0.15, -0.1) is 0 Å². The summed E-state index contributed by atoms with van der Waals surface area (Å²) in [6.45, 7) is -0.630. The van der Waals surface area contributed by atoms with Crippen LogP contribution in [0.25, 0.3) is 0 Å². The summed E-state index contributed by atoms with van der Waals surface area (Å²) in [6.07, 6.45) is 2.93. The predicted octanol–water partition coefficient (Wildman–Crippen LogP) is 3.13. The van der Waals surface area contributed by atoms with Crippen LogP contribution < -0.4 is 9.64 Å². The van der Waals surface area contributed by atoms with Gasteiger partial charge in [-0.25, -0.2) is 13.2 Å². The molecule has 1 aromatic heterocycles. The maximum Gasteiger partial charge on any atom is 0.282 e. The van der Waals surface area contributed by atoms with Crippen molar-refractivity contribution in [3.63, 3.8) is 0 Å². The molecule has 1 aliphatic rings. The molecule has 0 spiro atoms. The van der Waals surface area contributed by atoms with Gasteiger partial charge >= 0.3 is 0 Å². The lowest BCUT2D eigenvalue weighted by molar-refractivity contribution is -0.0263. The quantitative estimate of drug-likeness (QED) is 0.869. The lowest BCUT2D eigenvalue weighted by atomic mass is 10.1. The number of rotatable bonds is 4. The number of benzene rings is 1. The van der Waals surface area contributed by atoms with Gasteiger partial charge in [0.05, 0.1) is 42.8 Å². The second kappa shape index (κ2) is 5.80. The zero-order valence-corrected chi connectivity index (χ0v) is 12.0. The number of hydrogen-bond donors (Lipinski definition) is 0. The molecule has 3 rings (SSSR count). The second-order valence-electron chi connectivity index (χ2n) is 5.34. The number of ether oxygens (including phenoxy) is 1. The number of alkyl halides is 2. The number of anilines is 1. The molecule has 2 aromatic rings. The van der Waals surface area contributed by atoms with Crippen molar-refractivity contribution >= 4 is 5.69 Å². The lowest BCUT2D eigenvalue weighted by Gasteiger charge is -2.40. The van der Waals surface area contributed by atoms with Crippen LogP contribution in [0.15, 0.2) is 36.7 Å². The average molecular weight is 319 g/mol. The summed E-state index contributed by atoms with van der Waals surface area (Å²) in [5, 5.41) is 8.81. The van der Waals surface area contributed by atoms with E-state index in [0.29, 0.717) is 17.0 Å². The summed E-state index contributed by atoms with van der Waals surface area (Å²) in [5.41, 5.74) is 1.26. The van der Waals surface area contributed by atoms with Crippen LogP contribution in [0.3, 0.4) is 0 Å². The summed E-state index contributed by atoms with van der Waals surface area (Å²) in [4.78, 5) is 5.46. The molecule has 0 amide bonds. The van der Waals surface area contributed by atoms with Crippen LogP contribution in [0.1, 0.15) is 11.1 Å². The topological polar surface area (TPSA) is 49.1 Å². The average Bonchev–Trinajstić information content (AvgIpc) is 2.50. The first-order valence-electron chi connectivity index (χ1n) is 6.85. The predicted molar refractivity (Wildman–Crippen MR) is 76.8 cm³/mol. The number of nitrogens with zero attached hydrogens (tertiary/aromatic N) is 3. The molecular weight excluding hydrogens is 307 g/mol. The van der Waals surface area contributed by atoms with E-state index in [-0.39, 0.29) is 25.3 Å². The molecule has 0 unspecified atom stereocenters. The van der Waals surface area contributed by atoms with Crippen molar-refractivity contribution in [3.8, 4) is 11.8 Å². The Morgan fingerprint density at radius 2 is 2.00 bits per heavy atom. The highest BCUT2D eigenvalue weighted by Gasteiger charge is 2.44. The van der Waals surface area contributed by atoms with Crippen molar-refractivity contribution in [1.29, 1.82) is 5.26 Å². The molecule has 1 aliphatic heterocycles. The standard InChI is InChI=1S/C16H12F3N3O/c17-13-2-11(5-20)1-12(3-13)8-23-15-4-14(6-21-7-15)22-9-16(18,19)10-22/h1-4,6-7H,8-10H2. The Bertz CT molecular complexity index is 765. The van der Waals surface area contributed by atoms with E-state index in [1.807, 2.05) is 6.07 Å². The number of pyridine rings is 1. The minimum Gasteiger partial charge on any atom is -0.487 e. The fourth-order valence-corrected chi connectivity index (χ4v) is 2.32. The largest absolute Gasteiger partial charge is 0.487 e. The first kappa shape index (κ1) is 15.2. The lowest BCUT2D eigenvalue weighted by Crippen LogP contribution is -2.56. The maximum absolute atomic E-state index is 13.3. The maximum atomic E-state index is 13.3. The van der Waals surface area contributed by atoms with Crippen LogP contribution in [0.4, 0.5) is 18.9 Å². The minimum atomic E-state index is -2.66. The second-order valence-corrected chi connectivity index (χ2v) is 5.34. The fraction of sp³-hybridized carbons (Fsp3) is 0.250. The highest BCUT2D eigenvalue weighted by atomic mass is 19.3. The molecule has 7 heteroatoms. The number of aromatic nitrogens is 1. The third kappa shape index (κ3) is 3.54. The number of nitriles is 1. The normalized spacial score (nSPS) is 15.7. The van der Waals surface area contributed by atoms with Gasteiger partial charge < -0.3 is 9.64 Å². The molecular formula is C16H12F3N3O. The molecule has 4 nitrogen and oxygen atoms in total. The van der Waals surface area contributed by atoms with E-state index < -0.39 is 11.7 Å². The van der Waals surface area contributed by atoms with Crippen LogP contribution in [-0.4, -0.2) is 24.0 Å². The smallest absolute Gasteiger partial charge is 0.282 e. The Hall–Kier alpha value is -2.75. The van der Waals surface area contributed by atoms with Crippen LogP contribution in [0.5, 0.6) is 5.75 Å². The molecule has 0 atom stereocenters. The summed E-state index contributed by atoms with van der Waals surface area (Å²) < 4.78 is 44.6. The molecule has 0 radical (unpaired) electrons. The number of hydrogen-bond acceptors (Lipinski definition) is 4. The highest BCUT2D eigenvalue weighted by molar-refractivity contribution is 5.51. The zero-order valence-electron chi connectivity index (χ0n) is 12.0. The molecule has 0 N–H and O–H groups in total. The summed E-state index contributed by atoms with van der Waals surface area (Å²) >= 11 is 0. The molecule has 1 fully saturated rings. The van der Waals surface area contributed by atoms with Gasteiger partial charge in [0.1, 0.15) is 18.2 Å². The van der Waals surface area contributed by atoms with Gasteiger partial charge in [0, 0.05) is 6.07 Å². The van der Waals surface area contributed by atoms with Gasteiger partial charge in [-0.1, -0.05) is 0 Å². The molecule has 23 heavy (non-hydrogen) atoms. The minimum absolute atomic E-state index is 0.0493. The third-order valence-corrected chi connectivity index (χ3v) is 3.40. The molecule has 0 saturated carbocycles.